The summed E-state index contributed by atoms with van der Waals surface area (Å²) in [7, 11) is 2.80. The fraction of sp³-hybridized carbons (Fsp3) is 0.412. The molecule has 0 aromatic heterocycles. The number of allylic oxidation sites excluding steroid dienone is 1. The third-order valence-corrected chi connectivity index (χ3v) is 4.18. The van der Waals surface area contributed by atoms with Gasteiger partial charge in [0.25, 0.3) is 0 Å². The second-order valence-electron chi connectivity index (χ2n) is 5.79. The lowest BCUT2D eigenvalue weighted by Gasteiger charge is -2.33. The van der Waals surface area contributed by atoms with Crippen LogP contribution in [0.4, 0.5) is 13.6 Å². The Kier molecular flexibility index (Phi) is 5.30. The van der Waals surface area contributed by atoms with Crippen LogP contribution >= 0.6 is 0 Å². The number of nitrogens with zero attached hydrogens (tertiary/aromatic N) is 1. The van der Waals surface area contributed by atoms with Gasteiger partial charge in [0.15, 0.2) is 0 Å². The summed E-state index contributed by atoms with van der Waals surface area (Å²) in [4.78, 5) is 25.7. The van der Waals surface area contributed by atoms with Crippen molar-refractivity contribution in [1.29, 1.82) is 0 Å². The highest BCUT2D eigenvalue weighted by atomic mass is 19.3. The first-order valence-electron chi connectivity index (χ1n) is 7.56. The van der Waals surface area contributed by atoms with Gasteiger partial charge in [-0.05, 0) is 49.6 Å². The monoisotopic (exact) mass is 354 g/mol. The molecule has 1 aliphatic rings. The zero-order chi connectivity index (χ0) is 18.9. The fourth-order valence-corrected chi connectivity index (χ4v) is 2.89. The van der Waals surface area contributed by atoms with Crippen LogP contribution < -0.4 is 10.1 Å². The second kappa shape index (κ2) is 7.08. The zero-order valence-electron chi connectivity index (χ0n) is 14.6. The van der Waals surface area contributed by atoms with Gasteiger partial charge < -0.3 is 19.7 Å². The van der Waals surface area contributed by atoms with Gasteiger partial charge in [-0.25, -0.2) is 9.59 Å². The normalized spacial score (nSPS) is 17.7. The molecule has 1 aromatic carbocycles. The van der Waals surface area contributed by atoms with Gasteiger partial charge in [0, 0.05) is 12.7 Å². The molecule has 0 unspecified atom stereocenters. The minimum Gasteiger partial charge on any atom is -0.466 e. The number of rotatable bonds is 4. The van der Waals surface area contributed by atoms with E-state index in [2.05, 4.69) is 10.1 Å². The third-order valence-electron chi connectivity index (χ3n) is 4.18. The molecule has 2 rings (SSSR count). The van der Waals surface area contributed by atoms with Gasteiger partial charge in [-0.3, -0.25) is 0 Å². The molecule has 25 heavy (non-hydrogen) atoms. The molecule has 0 saturated heterocycles. The average Bonchev–Trinajstić information content (AvgIpc) is 2.54. The standard InChI is InChI=1S/C17H20F2N2O4/c1-8-6-11(7-9(2)14(8)25-16(18)19)13-12(15(22)24-5)10(3)21(4)17(23)20-13/h6-7,13,16H,1-5H3,(H,20,23)/t13-/m1/s1. The van der Waals surface area contributed by atoms with Gasteiger partial charge in [0.2, 0.25) is 0 Å². The van der Waals surface area contributed by atoms with Gasteiger partial charge in [0.05, 0.1) is 18.7 Å². The summed E-state index contributed by atoms with van der Waals surface area (Å²) in [5.74, 6) is -0.490. The van der Waals surface area contributed by atoms with Crippen LogP contribution in [0.5, 0.6) is 5.75 Å². The first-order chi connectivity index (χ1) is 11.7. The van der Waals surface area contributed by atoms with Gasteiger partial charge in [-0.1, -0.05) is 0 Å². The van der Waals surface area contributed by atoms with Crippen molar-refractivity contribution in [3.63, 3.8) is 0 Å². The number of carbonyl (C=O) groups excluding carboxylic acids is 2. The van der Waals surface area contributed by atoms with Crippen LogP contribution in [0.1, 0.15) is 29.7 Å². The van der Waals surface area contributed by atoms with E-state index >= 15 is 0 Å². The van der Waals surface area contributed by atoms with Crippen LogP contribution in [-0.4, -0.2) is 37.7 Å². The molecule has 1 heterocycles. The zero-order valence-corrected chi connectivity index (χ0v) is 14.6. The summed E-state index contributed by atoms with van der Waals surface area (Å²) in [5, 5.41) is 2.73. The Morgan fingerprint density at radius 3 is 2.28 bits per heavy atom. The van der Waals surface area contributed by atoms with Crippen molar-refractivity contribution in [2.75, 3.05) is 14.2 Å². The van der Waals surface area contributed by atoms with Crippen molar-refractivity contribution in [2.45, 2.75) is 33.4 Å². The number of nitrogens with one attached hydrogen (secondary N) is 1. The van der Waals surface area contributed by atoms with E-state index in [0.717, 1.165) is 0 Å². The van der Waals surface area contributed by atoms with Crippen molar-refractivity contribution >= 4 is 12.0 Å². The average molecular weight is 354 g/mol. The number of urea groups is 1. The van der Waals surface area contributed by atoms with Crippen molar-refractivity contribution in [3.8, 4) is 5.75 Å². The summed E-state index contributed by atoms with van der Waals surface area (Å²) < 4.78 is 34.5. The Bertz CT molecular complexity index is 723. The largest absolute Gasteiger partial charge is 0.466 e. The van der Waals surface area contributed by atoms with E-state index in [1.165, 1.54) is 12.0 Å². The number of halogens is 2. The van der Waals surface area contributed by atoms with Crippen molar-refractivity contribution in [3.05, 3.63) is 40.1 Å². The molecule has 0 aliphatic carbocycles. The van der Waals surface area contributed by atoms with E-state index in [9.17, 15) is 18.4 Å². The lowest BCUT2D eigenvalue weighted by molar-refractivity contribution is -0.136. The van der Waals surface area contributed by atoms with Crippen LogP contribution in [0.2, 0.25) is 0 Å². The van der Waals surface area contributed by atoms with E-state index in [-0.39, 0.29) is 17.4 Å². The number of benzene rings is 1. The number of hydrogen-bond acceptors (Lipinski definition) is 4. The Hall–Kier alpha value is -2.64. The maximum absolute atomic E-state index is 12.5. The summed E-state index contributed by atoms with van der Waals surface area (Å²) in [5.41, 5.74) is 2.28. The molecular formula is C17H20F2N2O4. The number of alkyl halides is 2. The lowest BCUT2D eigenvalue weighted by Crippen LogP contribution is -2.46. The highest BCUT2D eigenvalue weighted by Gasteiger charge is 2.35. The topological polar surface area (TPSA) is 67.9 Å². The Morgan fingerprint density at radius 1 is 1.24 bits per heavy atom. The lowest BCUT2D eigenvalue weighted by atomic mass is 9.92. The summed E-state index contributed by atoms with van der Waals surface area (Å²) in [6.45, 7) is 1.96. The van der Waals surface area contributed by atoms with Gasteiger partial charge in [0.1, 0.15) is 5.75 Å². The van der Waals surface area contributed by atoms with Crippen molar-refractivity contribution < 1.29 is 27.8 Å². The number of esters is 1. The molecule has 136 valence electrons. The molecule has 1 atom stereocenters. The van der Waals surface area contributed by atoms with E-state index < -0.39 is 18.6 Å². The molecule has 0 fully saturated rings. The number of ether oxygens (including phenoxy) is 2. The first-order valence-corrected chi connectivity index (χ1v) is 7.56. The summed E-state index contributed by atoms with van der Waals surface area (Å²) >= 11 is 0. The molecule has 6 nitrogen and oxygen atoms in total. The molecule has 1 aliphatic heterocycles. The van der Waals surface area contributed by atoms with Gasteiger partial charge in [-0.15, -0.1) is 0 Å². The maximum Gasteiger partial charge on any atom is 0.387 e. The molecular weight excluding hydrogens is 334 g/mol. The Morgan fingerprint density at radius 2 is 1.80 bits per heavy atom. The van der Waals surface area contributed by atoms with E-state index in [4.69, 9.17) is 4.74 Å². The predicted molar refractivity (Wildman–Crippen MR) is 86.3 cm³/mol. The molecule has 2 amide bonds. The number of carbonyl (C=O) groups is 2. The maximum atomic E-state index is 12.5. The van der Waals surface area contributed by atoms with Gasteiger partial charge in [-0.2, -0.15) is 8.78 Å². The Labute approximate surface area is 144 Å². The van der Waals surface area contributed by atoms with Gasteiger partial charge >= 0.3 is 18.6 Å². The number of amides is 2. The van der Waals surface area contributed by atoms with Crippen LogP contribution in [0.25, 0.3) is 0 Å². The quantitative estimate of drug-likeness (QED) is 0.844. The molecule has 1 N–H and O–H groups in total. The molecule has 1 aromatic rings. The summed E-state index contributed by atoms with van der Waals surface area (Å²) in [6.07, 6.45) is 0. The second-order valence-corrected chi connectivity index (χ2v) is 5.79. The first kappa shape index (κ1) is 18.7. The number of aryl methyl sites for hydroxylation is 2. The highest BCUT2D eigenvalue weighted by molar-refractivity contribution is 5.94. The van der Waals surface area contributed by atoms with Crippen LogP contribution in [0.15, 0.2) is 23.4 Å². The van der Waals surface area contributed by atoms with E-state index in [0.29, 0.717) is 22.4 Å². The Balaban J connectivity index is 2.55. The van der Waals surface area contributed by atoms with Crippen LogP contribution in [0, 0.1) is 13.8 Å². The minimum atomic E-state index is -2.93. The van der Waals surface area contributed by atoms with Crippen LogP contribution in [-0.2, 0) is 9.53 Å². The van der Waals surface area contributed by atoms with Crippen molar-refractivity contribution in [2.24, 2.45) is 0 Å². The van der Waals surface area contributed by atoms with E-state index in [1.807, 2.05) is 0 Å². The molecule has 8 heteroatoms. The molecule has 0 spiro atoms. The van der Waals surface area contributed by atoms with Crippen molar-refractivity contribution in [1.82, 2.24) is 10.2 Å². The number of hydrogen-bond donors (Lipinski definition) is 1. The fourth-order valence-electron chi connectivity index (χ4n) is 2.89. The number of methoxy groups -OCH3 is 1. The highest BCUT2D eigenvalue weighted by Crippen LogP contribution is 2.34. The molecule has 0 bridgehead atoms. The predicted octanol–water partition coefficient (Wildman–Crippen LogP) is 3.05. The minimum absolute atomic E-state index is 0.0818. The van der Waals surface area contributed by atoms with Crippen LogP contribution in [0.3, 0.4) is 0 Å². The SMILES string of the molecule is COC(=O)C1=C(C)N(C)C(=O)N[C@@H]1c1cc(C)c(OC(F)F)c(C)c1. The molecule has 0 saturated carbocycles. The summed E-state index contributed by atoms with van der Waals surface area (Å²) in [6, 6.07) is 2.10. The smallest absolute Gasteiger partial charge is 0.387 e. The third kappa shape index (κ3) is 3.57. The van der Waals surface area contributed by atoms with E-state index in [1.54, 1.807) is 40.0 Å². The molecule has 0 radical (unpaired) electrons.